The van der Waals surface area contributed by atoms with Crippen LogP contribution < -0.4 is 5.73 Å². The van der Waals surface area contributed by atoms with Crippen LogP contribution in [0.25, 0.3) is 0 Å². The van der Waals surface area contributed by atoms with Crippen molar-refractivity contribution in [2.75, 3.05) is 5.73 Å². The van der Waals surface area contributed by atoms with Gasteiger partial charge in [0.25, 0.3) is 0 Å². The molecule has 1 heterocycles. The average molecular weight is 155 g/mol. The van der Waals surface area contributed by atoms with E-state index in [2.05, 4.69) is 10.2 Å². The van der Waals surface area contributed by atoms with Gasteiger partial charge in [-0.2, -0.15) is 5.10 Å². The molecule has 4 heteroatoms. The smallest absolute Gasteiger partial charge is 0.124 e. The summed E-state index contributed by atoms with van der Waals surface area (Å²) < 4.78 is 0. The molecule has 1 unspecified atom stereocenters. The minimum absolute atomic E-state index is 0.162. The zero-order chi connectivity index (χ0) is 8.43. The number of hydrogen-bond acceptors (Lipinski definition) is 3. The zero-order valence-electron chi connectivity index (χ0n) is 6.70. The zero-order valence-corrected chi connectivity index (χ0v) is 6.70. The summed E-state index contributed by atoms with van der Waals surface area (Å²) in [5.41, 5.74) is 6.18. The van der Waals surface area contributed by atoms with Crippen LogP contribution in [0.5, 0.6) is 0 Å². The lowest BCUT2D eigenvalue weighted by atomic mass is 10.0. The van der Waals surface area contributed by atoms with Gasteiger partial charge in [0.15, 0.2) is 0 Å². The number of aromatic amines is 1. The summed E-state index contributed by atoms with van der Waals surface area (Å²) in [5, 5.41) is 15.8. The largest absolute Gasteiger partial charge is 0.388 e. The Labute approximate surface area is 65.4 Å². The van der Waals surface area contributed by atoms with Gasteiger partial charge in [-0.15, -0.1) is 0 Å². The molecule has 11 heavy (non-hydrogen) atoms. The van der Waals surface area contributed by atoms with Gasteiger partial charge < -0.3 is 10.8 Å². The average Bonchev–Trinajstić information content (AvgIpc) is 2.33. The molecule has 1 rings (SSSR count). The topological polar surface area (TPSA) is 74.9 Å². The standard InChI is InChI=1S/C7H13N3O/c1-4(2)6(11)5-3-9-10-7(5)8/h3-4,6,11H,1-2H3,(H3,8,9,10). The van der Waals surface area contributed by atoms with Crippen LogP contribution in [0.1, 0.15) is 25.5 Å². The maximum atomic E-state index is 9.53. The molecule has 0 aliphatic carbocycles. The summed E-state index contributed by atoms with van der Waals surface area (Å²) in [6.45, 7) is 3.86. The summed E-state index contributed by atoms with van der Waals surface area (Å²) in [6.07, 6.45) is 1.04. The van der Waals surface area contributed by atoms with Crippen molar-refractivity contribution >= 4 is 5.82 Å². The van der Waals surface area contributed by atoms with Gasteiger partial charge in [-0.05, 0) is 5.92 Å². The number of H-pyrrole nitrogens is 1. The molecule has 0 fully saturated rings. The number of nitrogens with zero attached hydrogens (tertiary/aromatic N) is 1. The lowest BCUT2D eigenvalue weighted by Gasteiger charge is -2.12. The first-order valence-electron chi connectivity index (χ1n) is 3.59. The van der Waals surface area contributed by atoms with Crippen molar-refractivity contribution in [3.63, 3.8) is 0 Å². The SMILES string of the molecule is CC(C)C(O)c1cn[nH]c1N. The number of anilines is 1. The van der Waals surface area contributed by atoms with E-state index in [4.69, 9.17) is 5.73 Å². The summed E-state index contributed by atoms with van der Waals surface area (Å²) in [4.78, 5) is 0. The molecule has 0 amide bonds. The van der Waals surface area contributed by atoms with E-state index in [1.54, 1.807) is 6.20 Å². The third kappa shape index (κ3) is 1.51. The van der Waals surface area contributed by atoms with Gasteiger partial charge in [0.05, 0.1) is 12.3 Å². The van der Waals surface area contributed by atoms with Crippen LogP contribution in [0, 0.1) is 5.92 Å². The van der Waals surface area contributed by atoms with Crippen LogP contribution >= 0.6 is 0 Å². The van der Waals surface area contributed by atoms with E-state index in [1.165, 1.54) is 0 Å². The molecule has 0 aliphatic heterocycles. The molecule has 1 atom stereocenters. The van der Waals surface area contributed by atoms with Crippen LogP contribution in [0.15, 0.2) is 6.20 Å². The molecule has 1 aromatic rings. The molecular weight excluding hydrogens is 142 g/mol. The highest BCUT2D eigenvalue weighted by molar-refractivity contribution is 5.38. The molecule has 0 spiro atoms. The molecule has 0 aliphatic rings. The number of hydrogen-bond donors (Lipinski definition) is 3. The summed E-state index contributed by atoms with van der Waals surface area (Å²) >= 11 is 0. The predicted octanol–water partition coefficient (Wildman–Crippen LogP) is 0.681. The second-order valence-corrected chi connectivity index (χ2v) is 2.93. The van der Waals surface area contributed by atoms with Gasteiger partial charge in [0.1, 0.15) is 5.82 Å². The van der Waals surface area contributed by atoms with Crippen LogP contribution in [0.2, 0.25) is 0 Å². The molecule has 62 valence electrons. The van der Waals surface area contributed by atoms with Gasteiger partial charge >= 0.3 is 0 Å². The third-order valence-corrected chi connectivity index (χ3v) is 1.65. The second-order valence-electron chi connectivity index (χ2n) is 2.93. The van der Waals surface area contributed by atoms with E-state index in [0.717, 1.165) is 0 Å². The molecule has 0 radical (unpaired) electrons. The Morgan fingerprint density at radius 2 is 2.27 bits per heavy atom. The lowest BCUT2D eigenvalue weighted by Crippen LogP contribution is -2.06. The molecule has 4 nitrogen and oxygen atoms in total. The van der Waals surface area contributed by atoms with Gasteiger partial charge in [0.2, 0.25) is 0 Å². The van der Waals surface area contributed by atoms with Crippen molar-refractivity contribution in [2.24, 2.45) is 5.92 Å². The monoisotopic (exact) mass is 155 g/mol. The van der Waals surface area contributed by atoms with Crippen molar-refractivity contribution in [2.45, 2.75) is 20.0 Å². The van der Waals surface area contributed by atoms with E-state index in [0.29, 0.717) is 11.4 Å². The second kappa shape index (κ2) is 2.92. The van der Waals surface area contributed by atoms with Gasteiger partial charge in [-0.1, -0.05) is 13.8 Å². The van der Waals surface area contributed by atoms with Crippen LogP contribution in [0.4, 0.5) is 5.82 Å². The quantitative estimate of drug-likeness (QED) is 0.588. The van der Waals surface area contributed by atoms with E-state index in [1.807, 2.05) is 13.8 Å². The van der Waals surface area contributed by atoms with Crippen molar-refractivity contribution in [3.05, 3.63) is 11.8 Å². The summed E-state index contributed by atoms with van der Waals surface area (Å²) in [6, 6.07) is 0. The Morgan fingerprint density at radius 1 is 1.64 bits per heavy atom. The highest BCUT2D eigenvalue weighted by atomic mass is 16.3. The maximum Gasteiger partial charge on any atom is 0.124 e. The molecule has 0 saturated carbocycles. The molecular formula is C7H13N3O. The summed E-state index contributed by atoms with van der Waals surface area (Å²) in [7, 11) is 0. The van der Waals surface area contributed by atoms with Crippen molar-refractivity contribution in [1.82, 2.24) is 10.2 Å². The first kappa shape index (κ1) is 8.07. The van der Waals surface area contributed by atoms with E-state index >= 15 is 0 Å². The summed E-state index contributed by atoms with van der Waals surface area (Å²) in [5.74, 6) is 0.612. The Morgan fingerprint density at radius 3 is 2.64 bits per heavy atom. The predicted molar refractivity (Wildman–Crippen MR) is 42.8 cm³/mol. The van der Waals surface area contributed by atoms with Crippen LogP contribution in [-0.2, 0) is 0 Å². The lowest BCUT2D eigenvalue weighted by molar-refractivity contribution is 0.127. The Hall–Kier alpha value is -1.03. The van der Waals surface area contributed by atoms with Gasteiger partial charge in [0, 0.05) is 5.56 Å². The number of aromatic nitrogens is 2. The fourth-order valence-electron chi connectivity index (χ4n) is 0.900. The van der Waals surface area contributed by atoms with Crippen molar-refractivity contribution in [3.8, 4) is 0 Å². The number of aliphatic hydroxyl groups is 1. The first-order valence-corrected chi connectivity index (χ1v) is 3.59. The number of nitrogens with one attached hydrogen (secondary N) is 1. The minimum Gasteiger partial charge on any atom is -0.388 e. The molecule has 0 bridgehead atoms. The van der Waals surface area contributed by atoms with Crippen molar-refractivity contribution < 1.29 is 5.11 Å². The van der Waals surface area contributed by atoms with E-state index in [9.17, 15) is 5.11 Å². The Balaban J connectivity index is 2.84. The number of rotatable bonds is 2. The van der Waals surface area contributed by atoms with Crippen molar-refractivity contribution in [1.29, 1.82) is 0 Å². The van der Waals surface area contributed by atoms with Gasteiger partial charge in [-0.25, -0.2) is 0 Å². The molecule has 1 aromatic heterocycles. The Bertz CT molecular complexity index is 231. The Kier molecular flexibility index (Phi) is 2.14. The molecule has 0 aromatic carbocycles. The highest BCUT2D eigenvalue weighted by Gasteiger charge is 2.15. The maximum absolute atomic E-state index is 9.53. The minimum atomic E-state index is -0.520. The van der Waals surface area contributed by atoms with E-state index < -0.39 is 6.10 Å². The number of nitrogens with two attached hydrogens (primary N) is 1. The fourth-order valence-corrected chi connectivity index (χ4v) is 0.900. The molecule has 0 saturated heterocycles. The van der Waals surface area contributed by atoms with Crippen LogP contribution in [-0.4, -0.2) is 15.3 Å². The fraction of sp³-hybridized carbons (Fsp3) is 0.571. The first-order chi connectivity index (χ1) is 5.13. The third-order valence-electron chi connectivity index (χ3n) is 1.65. The number of aliphatic hydroxyl groups excluding tert-OH is 1. The molecule has 4 N–H and O–H groups in total. The van der Waals surface area contributed by atoms with E-state index in [-0.39, 0.29) is 5.92 Å². The number of nitrogen functional groups attached to an aromatic ring is 1. The highest BCUT2D eigenvalue weighted by Crippen LogP contribution is 2.23. The van der Waals surface area contributed by atoms with Gasteiger partial charge in [-0.3, -0.25) is 5.10 Å². The normalized spacial score (nSPS) is 13.8. The van der Waals surface area contributed by atoms with Crippen LogP contribution in [0.3, 0.4) is 0 Å².